The first-order valence-corrected chi connectivity index (χ1v) is 8.54. The van der Waals surface area contributed by atoms with Crippen LogP contribution in [-0.2, 0) is 6.54 Å². The van der Waals surface area contributed by atoms with E-state index in [1.165, 1.54) is 0 Å². The normalized spacial score (nSPS) is 15.6. The summed E-state index contributed by atoms with van der Waals surface area (Å²) in [5, 5.41) is 4.31. The summed E-state index contributed by atoms with van der Waals surface area (Å²) in [5.74, 6) is -0.0201. The third-order valence-electron chi connectivity index (χ3n) is 4.39. The molecule has 25 heavy (non-hydrogen) atoms. The molecule has 8 heteroatoms. The van der Waals surface area contributed by atoms with Crippen LogP contribution in [0.3, 0.4) is 0 Å². The average molecular weight is 340 g/mol. The van der Waals surface area contributed by atoms with E-state index in [9.17, 15) is 4.79 Å². The molecule has 1 fully saturated rings. The fraction of sp³-hybridized carbons (Fsp3) is 0.412. The molecule has 8 nitrogen and oxygen atoms in total. The van der Waals surface area contributed by atoms with E-state index < -0.39 is 0 Å². The smallest absolute Gasteiger partial charge is 0.300 e. The highest BCUT2D eigenvalue weighted by Gasteiger charge is 2.24. The number of hydrogen-bond donors (Lipinski definition) is 0. The van der Waals surface area contributed by atoms with Gasteiger partial charge in [-0.1, -0.05) is 0 Å². The maximum absolute atomic E-state index is 12.6. The highest BCUT2D eigenvalue weighted by Crippen LogP contribution is 2.21. The number of pyridine rings is 1. The zero-order valence-corrected chi connectivity index (χ0v) is 14.1. The number of aryl methyl sites for hydroxylation is 1. The zero-order chi connectivity index (χ0) is 17.2. The lowest BCUT2D eigenvalue weighted by Gasteiger charge is -2.20. The summed E-state index contributed by atoms with van der Waals surface area (Å²) in [7, 11) is 0. The van der Waals surface area contributed by atoms with Crippen LogP contribution in [-0.4, -0.2) is 56.7 Å². The van der Waals surface area contributed by atoms with Crippen molar-refractivity contribution in [2.75, 3.05) is 31.1 Å². The first-order valence-electron chi connectivity index (χ1n) is 8.54. The van der Waals surface area contributed by atoms with Gasteiger partial charge in [0.25, 0.3) is 11.9 Å². The topological polar surface area (TPSA) is 80.3 Å². The van der Waals surface area contributed by atoms with Gasteiger partial charge in [-0.3, -0.25) is 9.48 Å². The molecular formula is C17H20N6O2. The van der Waals surface area contributed by atoms with Gasteiger partial charge in [0, 0.05) is 45.1 Å². The fourth-order valence-corrected chi connectivity index (χ4v) is 3.02. The third-order valence-corrected chi connectivity index (χ3v) is 4.39. The lowest BCUT2D eigenvalue weighted by Crippen LogP contribution is -2.35. The maximum Gasteiger partial charge on any atom is 0.300 e. The van der Waals surface area contributed by atoms with Crippen molar-refractivity contribution < 1.29 is 9.21 Å². The summed E-state index contributed by atoms with van der Waals surface area (Å²) in [6, 6.07) is 6.03. The van der Waals surface area contributed by atoms with Gasteiger partial charge < -0.3 is 14.2 Å². The quantitative estimate of drug-likeness (QED) is 0.723. The molecule has 0 saturated carbocycles. The second-order valence-electron chi connectivity index (χ2n) is 6.01. The Morgan fingerprint density at radius 2 is 2.16 bits per heavy atom. The molecule has 4 heterocycles. The van der Waals surface area contributed by atoms with Crippen LogP contribution < -0.4 is 4.90 Å². The standard InChI is InChI=1S/C17H20N6O2/c1-2-23-10-6-13(20-23)16(24)21-8-4-9-22(12-11-21)17-19-15-14(25-17)5-3-7-18-15/h3,5-7,10H,2,4,8-9,11-12H2,1H3. The predicted molar refractivity (Wildman–Crippen MR) is 92.4 cm³/mol. The van der Waals surface area contributed by atoms with E-state index in [0.717, 1.165) is 19.5 Å². The number of hydrogen-bond acceptors (Lipinski definition) is 6. The van der Waals surface area contributed by atoms with Gasteiger partial charge in [-0.25, -0.2) is 4.98 Å². The lowest BCUT2D eigenvalue weighted by molar-refractivity contribution is 0.0760. The van der Waals surface area contributed by atoms with Gasteiger partial charge in [0.2, 0.25) is 5.65 Å². The lowest BCUT2D eigenvalue weighted by atomic mass is 10.3. The molecule has 0 unspecified atom stereocenters. The molecule has 1 saturated heterocycles. The van der Waals surface area contributed by atoms with Crippen molar-refractivity contribution >= 4 is 23.2 Å². The number of carbonyl (C=O) groups excluding carboxylic acids is 1. The first-order chi connectivity index (χ1) is 12.2. The molecule has 0 atom stereocenters. The summed E-state index contributed by atoms with van der Waals surface area (Å²) in [6.45, 7) is 5.54. The molecular weight excluding hydrogens is 320 g/mol. The second kappa shape index (κ2) is 6.54. The summed E-state index contributed by atoms with van der Waals surface area (Å²) in [5.41, 5.74) is 1.79. The minimum atomic E-state index is -0.0201. The molecule has 4 rings (SSSR count). The summed E-state index contributed by atoms with van der Waals surface area (Å²) in [4.78, 5) is 25.2. The number of oxazole rings is 1. The van der Waals surface area contributed by atoms with Crippen LogP contribution in [0, 0.1) is 0 Å². The van der Waals surface area contributed by atoms with Crippen LogP contribution in [0.2, 0.25) is 0 Å². The van der Waals surface area contributed by atoms with E-state index in [4.69, 9.17) is 4.42 Å². The number of rotatable bonds is 3. The Morgan fingerprint density at radius 1 is 1.24 bits per heavy atom. The molecule has 0 spiro atoms. The van der Waals surface area contributed by atoms with Gasteiger partial charge in [-0.2, -0.15) is 10.1 Å². The molecule has 0 aliphatic carbocycles. The summed E-state index contributed by atoms with van der Waals surface area (Å²) < 4.78 is 7.56. The van der Waals surface area contributed by atoms with E-state index in [-0.39, 0.29) is 5.91 Å². The maximum atomic E-state index is 12.6. The van der Waals surface area contributed by atoms with Crippen molar-refractivity contribution in [3.8, 4) is 0 Å². The number of nitrogens with zero attached hydrogens (tertiary/aromatic N) is 6. The monoisotopic (exact) mass is 340 g/mol. The molecule has 3 aromatic rings. The van der Waals surface area contributed by atoms with Crippen molar-refractivity contribution in [3.05, 3.63) is 36.3 Å². The van der Waals surface area contributed by atoms with E-state index in [1.807, 2.05) is 30.2 Å². The molecule has 3 aromatic heterocycles. The van der Waals surface area contributed by atoms with E-state index in [0.29, 0.717) is 42.6 Å². The number of carbonyl (C=O) groups is 1. The van der Waals surface area contributed by atoms with Crippen LogP contribution in [0.1, 0.15) is 23.8 Å². The molecule has 130 valence electrons. The second-order valence-corrected chi connectivity index (χ2v) is 6.01. The average Bonchev–Trinajstić information content (AvgIpc) is 3.22. The van der Waals surface area contributed by atoms with Crippen LogP contribution in [0.25, 0.3) is 11.2 Å². The molecule has 1 aliphatic rings. The first kappa shape index (κ1) is 15.6. The van der Waals surface area contributed by atoms with Crippen LogP contribution in [0.5, 0.6) is 0 Å². The van der Waals surface area contributed by atoms with Crippen molar-refractivity contribution in [2.45, 2.75) is 19.9 Å². The van der Waals surface area contributed by atoms with E-state index >= 15 is 0 Å². The Balaban J connectivity index is 1.47. The van der Waals surface area contributed by atoms with Crippen molar-refractivity contribution in [1.82, 2.24) is 24.6 Å². The van der Waals surface area contributed by atoms with Gasteiger partial charge in [-0.15, -0.1) is 0 Å². The van der Waals surface area contributed by atoms with Crippen LogP contribution in [0.15, 0.2) is 35.0 Å². The minimum absolute atomic E-state index is 0.0201. The largest absolute Gasteiger partial charge is 0.422 e. The number of fused-ring (bicyclic) bond motifs is 1. The molecule has 0 radical (unpaired) electrons. The van der Waals surface area contributed by atoms with Crippen molar-refractivity contribution in [1.29, 1.82) is 0 Å². The van der Waals surface area contributed by atoms with E-state index in [2.05, 4.69) is 20.0 Å². The van der Waals surface area contributed by atoms with Crippen molar-refractivity contribution in [3.63, 3.8) is 0 Å². The number of aromatic nitrogens is 4. The SMILES string of the molecule is CCn1ccc(C(=O)N2CCCN(c3nc4ncccc4o3)CC2)n1. The van der Waals surface area contributed by atoms with Crippen LogP contribution in [0.4, 0.5) is 6.01 Å². The molecule has 0 bridgehead atoms. The van der Waals surface area contributed by atoms with Gasteiger partial charge in [0.1, 0.15) is 5.69 Å². The summed E-state index contributed by atoms with van der Waals surface area (Å²) in [6.07, 6.45) is 4.39. The van der Waals surface area contributed by atoms with Crippen LogP contribution >= 0.6 is 0 Å². The number of anilines is 1. The summed E-state index contributed by atoms with van der Waals surface area (Å²) >= 11 is 0. The Kier molecular flexibility index (Phi) is 4.09. The zero-order valence-electron chi connectivity index (χ0n) is 14.1. The Bertz CT molecular complexity index is 853. The van der Waals surface area contributed by atoms with Gasteiger partial charge in [-0.05, 0) is 31.5 Å². The van der Waals surface area contributed by atoms with Gasteiger partial charge in [0.15, 0.2) is 5.58 Å². The minimum Gasteiger partial charge on any atom is -0.422 e. The Morgan fingerprint density at radius 3 is 2.96 bits per heavy atom. The molecule has 0 N–H and O–H groups in total. The highest BCUT2D eigenvalue weighted by atomic mass is 16.4. The van der Waals surface area contributed by atoms with Gasteiger partial charge >= 0.3 is 0 Å². The predicted octanol–water partition coefficient (Wildman–Crippen LogP) is 1.79. The van der Waals surface area contributed by atoms with Crippen molar-refractivity contribution in [2.24, 2.45) is 0 Å². The Hall–Kier alpha value is -2.90. The highest BCUT2D eigenvalue weighted by molar-refractivity contribution is 5.92. The van der Waals surface area contributed by atoms with E-state index in [1.54, 1.807) is 16.9 Å². The molecule has 1 amide bonds. The molecule has 1 aliphatic heterocycles. The molecule has 0 aromatic carbocycles. The Labute approximate surface area is 145 Å². The fourth-order valence-electron chi connectivity index (χ4n) is 3.02. The number of amides is 1. The third kappa shape index (κ3) is 3.07. The van der Waals surface area contributed by atoms with Gasteiger partial charge in [0.05, 0.1) is 0 Å².